The summed E-state index contributed by atoms with van der Waals surface area (Å²) in [5, 5.41) is 21.1. The van der Waals surface area contributed by atoms with Gasteiger partial charge in [-0.05, 0) is 29.9 Å². The molecule has 0 saturated carbocycles. The molecule has 134 valence electrons. The molecule has 3 aliphatic heterocycles. The Kier molecular flexibility index (Phi) is 3.39. The maximum Gasteiger partial charge on any atom is 0.244 e. The largest absolute Gasteiger partial charge is 0.507 e. The van der Waals surface area contributed by atoms with Gasteiger partial charge in [-0.2, -0.15) is 0 Å². The molecule has 0 spiro atoms. The number of phenols is 1. The zero-order chi connectivity index (χ0) is 17.9. The van der Waals surface area contributed by atoms with Crippen LogP contribution in [0.3, 0.4) is 0 Å². The Hall–Kier alpha value is -2.38. The average Bonchev–Trinajstić information content (AvgIpc) is 3.10. The Morgan fingerprint density at radius 1 is 1.19 bits per heavy atom. The van der Waals surface area contributed by atoms with Crippen molar-refractivity contribution in [2.24, 2.45) is 0 Å². The molecule has 2 N–H and O–H groups in total. The van der Waals surface area contributed by atoms with Gasteiger partial charge < -0.3 is 24.6 Å². The van der Waals surface area contributed by atoms with E-state index in [9.17, 15) is 15.0 Å². The molecule has 0 fully saturated rings. The summed E-state index contributed by atoms with van der Waals surface area (Å²) >= 11 is 1.72. The first kappa shape index (κ1) is 15.8. The number of para-hydroxylation sites is 1. The van der Waals surface area contributed by atoms with Gasteiger partial charge >= 0.3 is 0 Å². The lowest BCUT2D eigenvalue weighted by Crippen LogP contribution is -2.44. The molecule has 0 radical (unpaired) electrons. The number of carbonyl (C=O) groups is 1. The van der Waals surface area contributed by atoms with Gasteiger partial charge in [0, 0.05) is 23.1 Å². The van der Waals surface area contributed by atoms with E-state index in [0.29, 0.717) is 23.6 Å². The lowest BCUT2D eigenvalue weighted by Gasteiger charge is -2.28. The van der Waals surface area contributed by atoms with Crippen LogP contribution in [0, 0.1) is 0 Å². The van der Waals surface area contributed by atoms with E-state index in [0.717, 1.165) is 28.3 Å². The van der Waals surface area contributed by atoms with Crippen molar-refractivity contribution in [2.45, 2.75) is 16.7 Å². The van der Waals surface area contributed by atoms with E-state index in [1.165, 1.54) is 6.07 Å². The summed E-state index contributed by atoms with van der Waals surface area (Å²) in [5.41, 5.74) is 0.590. The third kappa shape index (κ3) is 1.90. The summed E-state index contributed by atoms with van der Waals surface area (Å²) in [6.45, 7) is 0.237. The van der Waals surface area contributed by atoms with Crippen LogP contribution in [0.5, 0.6) is 17.2 Å². The number of phenolic OH excluding ortho intramolecular Hbond substituents is 1. The molecule has 26 heavy (non-hydrogen) atoms. The van der Waals surface area contributed by atoms with Crippen LogP contribution in [-0.4, -0.2) is 41.8 Å². The van der Waals surface area contributed by atoms with Crippen molar-refractivity contribution in [1.29, 1.82) is 0 Å². The predicted octanol–water partition coefficient (Wildman–Crippen LogP) is 2.24. The van der Waals surface area contributed by atoms with Gasteiger partial charge in [-0.3, -0.25) is 4.79 Å². The third-order valence-electron chi connectivity index (χ3n) is 5.31. The first-order valence-corrected chi connectivity index (χ1v) is 9.47. The average molecular weight is 371 g/mol. The van der Waals surface area contributed by atoms with Crippen LogP contribution in [0.2, 0.25) is 0 Å². The van der Waals surface area contributed by atoms with Gasteiger partial charge in [0.25, 0.3) is 0 Å². The summed E-state index contributed by atoms with van der Waals surface area (Å²) < 4.78 is 10.7. The number of nitrogens with zero attached hydrogens (tertiary/aromatic N) is 1. The Bertz CT molecular complexity index is 930. The maximum atomic E-state index is 13.5. The number of aliphatic hydroxyl groups is 1. The molecule has 1 unspecified atom stereocenters. The van der Waals surface area contributed by atoms with Gasteiger partial charge in [0.15, 0.2) is 11.5 Å². The standard InChI is InChI=1S/C19H17NO5S/c21-9-19(12-7-14-15(8-13(12)22)25-10-24-14)11-3-1-4-16-17(11)20(18(19)23)5-2-6-26-16/h1,3-4,7-8,21-22H,2,5-6,9-10H2. The van der Waals surface area contributed by atoms with Crippen molar-refractivity contribution >= 4 is 23.4 Å². The third-order valence-corrected chi connectivity index (χ3v) is 6.44. The molecule has 1 amide bonds. The van der Waals surface area contributed by atoms with Gasteiger partial charge in [-0.1, -0.05) is 12.1 Å². The second-order valence-corrected chi connectivity index (χ2v) is 7.73. The zero-order valence-corrected chi connectivity index (χ0v) is 14.7. The number of aromatic hydroxyl groups is 1. The van der Waals surface area contributed by atoms with Gasteiger partial charge in [0.2, 0.25) is 12.7 Å². The summed E-state index contributed by atoms with van der Waals surface area (Å²) in [4.78, 5) is 16.3. The number of aliphatic hydroxyl groups excluding tert-OH is 1. The van der Waals surface area contributed by atoms with Crippen LogP contribution in [0.4, 0.5) is 5.69 Å². The number of rotatable bonds is 2. The number of fused-ring (bicyclic) bond motifs is 1. The molecule has 6 nitrogen and oxygen atoms in total. The first-order chi connectivity index (χ1) is 12.7. The van der Waals surface area contributed by atoms with E-state index < -0.39 is 12.0 Å². The van der Waals surface area contributed by atoms with Crippen LogP contribution in [0.25, 0.3) is 0 Å². The Labute approximate surface area is 154 Å². The monoisotopic (exact) mass is 371 g/mol. The molecule has 5 rings (SSSR count). The number of thioether (sulfide) groups is 1. The van der Waals surface area contributed by atoms with E-state index in [2.05, 4.69) is 0 Å². The van der Waals surface area contributed by atoms with Gasteiger partial charge in [-0.25, -0.2) is 0 Å². The van der Waals surface area contributed by atoms with Crippen molar-refractivity contribution in [3.63, 3.8) is 0 Å². The highest BCUT2D eigenvalue weighted by Gasteiger charge is 2.54. The maximum absolute atomic E-state index is 13.5. The number of anilines is 1. The second kappa shape index (κ2) is 5.56. The van der Waals surface area contributed by atoms with Crippen molar-refractivity contribution in [3.8, 4) is 17.2 Å². The Morgan fingerprint density at radius 3 is 2.81 bits per heavy atom. The molecule has 1 atom stereocenters. The number of amides is 1. The van der Waals surface area contributed by atoms with E-state index in [1.54, 1.807) is 22.7 Å². The highest BCUT2D eigenvalue weighted by atomic mass is 32.2. The summed E-state index contributed by atoms with van der Waals surface area (Å²) in [6, 6.07) is 8.84. The van der Waals surface area contributed by atoms with Crippen LogP contribution < -0.4 is 14.4 Å². The smallest absolute Gasteiger partial charge is 0.244 e. The molecule has 0 saturated heterocycles. The molecule has 2 aromatic rings. The lowest BCUT2D eigenvalue weighted by molar-refractivity contribution is -0.123. The molecular weight excluding hydrogens is 354 g/mol. The number of ether oxygens (including phenoxy) is 2. The molecule has 0 bridgehead atoms. The number of carbonyl (C=O) groups excluding carboxylic acids is 1. The van der Waals surface area contributed by atoms with Crippen molar-refractivity contribution in [2.75, 3.05) is 30.6 Å². The molecule has 3 heterocycles. The summed E-state index contributed by atoms with van der Waals surface area (Å²) in [7, 11) is 0. The second-order valence-electron chi connectivity index (χ2n) is 6.60. The highest BCUT2D eigenvalue weighted by Crippen LogP contribution is 2.54. The minimum atomic E-state index is -1.34. The van der Waals surface area contributed by atoms with Gasteiger partial charge in [0.05, 0.1) is 12.3 Å². The highest BCUT2D eigenvalue weighted by molar-refractivity contribution is 7.99. The quantitative estimate of drug-likeness (QED) is 0.843. The van der Waals surface area contributed by atoms with E-state index >= 15 is 0 Å². The molecule has 3 aliphatic rings. The SMILES string of the molecule is O=C1N2CCCSc3cccc(c32)C1(CO)c1cc2c(cc1O)OCO2. The van der Waals surface area contributed by atoms with Crippen molar-refractivity contribution in [3.05, 3.63) is 41.5 Å². The minimum absolute atomic E-state index is 0.0712. The Morgan fingerprint density at radius 2 is 2.00 bits per heavy atom. The van der Waals surface area contributed by atoms with Crippen LogP contribution in [0.1, 0.15) is 17.5 Å². The number of benzene rings is 2. The van der Waals surface area contributed by atoms with Crippen LogP contribution in [0.15, 0.2) is 35.2 Å². The summed E-state index contributed by atoms with van der Waals surface area (Å²) in [5.74, 6) is 1.56. The summed E-state index contributed by atoms with van der Waals surface area (Å²) in [6.07, 6.45) is 0.874. The van der Waals surface area contributed by atoms with Crippen LogP contribution >= 0.6 is 11.8 Å². The molecule has 2 aromatic carbocycles. The van der Waals surface area contributed by atoms with Gasteiger partial charge in [-0.15, -0.1) is 11.8 Å². The molecule has 0 aromatic heterocycles. The van der Waals surface area contributed by atoms with E-state index in [-0.39, 0.29) is 18.4 Å². The van der Waals surface area contributed by atoms with Gasteiger partial charge in [0.1, 0.15) is 11.2 Å². The van der Waals surface area contributed by atoms with Crippen LogP contribution in [-0.2, 0) is 10.2 Å². The van der Waals surface area contributed by atoms with Crippen molar-refractivity contribution in [1.82, 2.24) is 0 Å². The minimum Gasteiger partial charge on any atom is -0.507 e. The fraction of sp³-hybridized carbons (Fsp3) is 0.316. The fourth-order valence-electron chi connectivity index (χ4n) is 4.10. The number of hydrogen-bond donors (Lipinski definition) is 2. The molecule has 7 heteroatoms. The Balaban J connectivity index is 1.79. The zero-order valence-electron chi connectivity index (χ0n) is 13.9. The number of hydrogen-bond acceptors (Lipinski definition) is 6. The predicted molar refractivity (Wildman–Crippen MR) is 96.2 cm³/mol. The van der Waals surface area contributed by atoms with E-state index in [4.69, 9.17) is 9.47 Å². The van der Waals surface area contributed by atoms with E-state index in [1.807, 2.05) is 18.2 Å². The normalized spacial score (nSPS) is 23.1. The topological polar surface area (TPSA) is 79.2 Å². The molecule has 0 aliphatic carbocycles. The lowest BCUT2D eigenvalue weighted by atomic mass is 9.75. The van der Waals surface area contributed by atoms with Crippen molar-refractivity contribution < 1.29 is 24.5 Å². The first-order valence-electron chi connectivity index (χ1n) is 8.49. The molecular formula is C19H17NO5S. The fourth-order valence-corrected chi connectivity index (χ4v) is 5.12.